The molecule has 1 N–H and O–H groups in total. The summed E-state index contributed by atoms with van der Waals surface area (Å²) in [6.45, 7) is 9.15. The predicted molar refractivity (Wildman–Crippen MR) is 87.5 cm³/mol. The molecule has 0 aromatic heterocycles. The molecule has 0 spiro atoms. The number of rotatable bonds is 3. The Bertz CT molecular complexity index is 447. The van der Waals surface area contributed by atoms with E-state index in [2.05, 4.69) is 41.1 Å². The van der Waals surface area contributed by atoms with Crippen LogP contribution in [0.1, 0.15) is 17.2 Å². The van der Waals surface area contributed by atoms with Gasteiger partial charge in [0.05, 0.1) is 12.6 Å². The molecule has 1 atom stereocenters. The third-order valence-electron chi connectivity index (χ3n) is 3.82. The summed E-state index contributed by atoms with van der Waals surface area (Å²) in [5.41, 5.74) is 2.69. The molecule has 0 radical (unpaired) electrons. The average Bonchev–Trinajstić information content (AvgIpc) is 2.88. The summed E-state index contributed by atoms with van der Waals surface area (Å²) in [7, 11) is 0. The fourth-order valence-corrected chi connectivity index (χ4v) is 2.85. The van der Waals surface area contributed by atoms with Crippen LogP contribution in [-0.4, -0.2) is 37.7 Å². The number of nitrogens with one attached hydrogen (secondary N) is 1. The van der Waals surface area contributed by atoms with Crippen molar-refractivity contribution in [3.8, 4) is 5.75 Å². The van der Waals surface area contributed by atoms with E-state index in [9.17, 15) is 0 Å². The number of fused-ring (bicyclic) bond motifs is 1. The summed E-state index contributed by atoms with van der Waals surface area (Å²) in [6, 6.07) is 6.91. The molecule has 0 amide bonds. The second-order valence-electron chi connectivity index (χ2n) is 4.93. The number of hydrogen-bond acceptors (Lipinski definition) is 3. The van der Waals surface area contributed by atoms with Gasteiger partial charge >= 0.3 is 0 Å². The first-order valence-electron chi connectivity index (χ1n) is 6.71. The highest BCUT2D eigenvalue weighted by Crippen LogP contribution is 2.30. The Morgan fingerprint density at radius 3 is 2.70 bits per heavy atom. The van der Waals surface area contributed by atoms with Gasteiger partial charge in [-0.3, -0.25) is 4.90 Å². The van der Waals surface area contributed by atoms with Crippen molar-refractivity contribution in [1.29, 1.82) is 0 Å². The van der Waals surface area contributed by atoms with Gasteiger partial charge in [-0.25, -0.2) is 0 Å². The SMILES string of the molecule is C=C[C@H](c1ccc2c(c1)CCO2)N1CCNCC1.Cl.Cl. The Balaban J connectivity index is 0.000001000. The molecule has 0 unspecified atom stereocenters. The molecule has 2 aliphatic rings. The molecule has 1 aromatic rings. The standard InChI is InChI=1S/C15H20N2O.2ClH/c1-2-14(17-8-6-16-7-9-17)12-3-4-15-13(11-12)5-10-18-15;;/h2-4,11,14,16H,1,5-10H2;2*1H/t14-;;/m1../s1. The maximum Gasteiger partial charge on any atom is 0.122 e. The van der Waals surface area contributed by atoms with Gasteiger partial charge in [-0.05, 0) is 17.2 Å². The lowest BCUT2D eigenvalue weighted by molar-refractivity contribution is 0.203. The zero-order chi connectivity index (χ0) is 12.4. The minimum atomic E-state index is 0. The Morgan fingerprint density at radius 1 is 1.25 bits per heavy atom. The van der Waals surface area contributed by atoms with Crippen LogP contribution in [-0.2, 0) is 6.42 Å². The Kier molecular flexibility index (Phi) is 6.83. The fraction of sp³-hybridized carbons (Fsp3) is 0.467. The van der Waals surface area contributed by atoms with Crippen LogP contribution in [0, 0.1) is 0 Å². The largest absolute Gasteiger partial charge is 0.493 e. The van der Waals surface area contributed by atoms with Crippen LogP contribution in [0.15, 0.2) is 30.9 Å². The maximum absolute atomic E-state index is 5.56. The van der Waals surface area contributed by atoms with E-state index in [-0.39, 0.29) is 24.8 Å². The minimum absolute atomic E-state index is 0. The monoisotopic (exact) mass is 316 g/mol. The van der Waals surface area contributed by atoms with E-state index in [1.54, 1.807) is 0 Å². The van der Waals surface area contributed by atoms with Gasteiger partial charge in [-0.1, -0.05) is 18.2 Å². The van der Waals surface area contributed by atoms with Crippen LogP contribution >= 0.6 is 24.8 Å². The Labute approximate surface area is 133 Å². The van der Waals surface area contributed by atoms with Gasteiger partial charge in [0.15, 0.2) is 0 Å². The van der Waals surface area contributed by atoms with Gasteiger partial charge in [0.1, 0.15) is 5.75 Å². The average molecular weight is 317 g/mol. The van der Waals surface area contributed by atoms with Gasteiger partial charge < -0.3 is 10.1 Å². The van der Waals surface area contributed by atoms with Gasteiger partial charge in [0.25, 0.3) is 0 Å². The highest BCUT2D eigenvalue weighted by molar-refractivity contribution is 5.85. The van der Waals surface area contributed by atoms with Crippen molar-refractivity contribution in [2.24, 2.45) is 0 Å². The molecule has 1 aromatic carbocycles. The van der Waals surface area contributed by atoms with Crippen LogP contribution in [0.2, 0.25) is 0 Å². The topological polar surface area (TPSA) is 24.5 Å². The molecule has 20 heavy (non-hydrogen) atoms. The summed E-state index contributed by atoms with van der Waals surface area (Å²) in [5.74, 6) is 1.06. The molecule has 5 heteroatoms. The molecule has 0 bridgehead atoms. The van der Waals surface area contributed by atoms with Crippen molar-refractivity contribution < 1.29 is 4.74 Å². The van der Waals surface area contributed by atoms with Crippen LogP contribution in [0.25, 0.3) is 0 Å². The number of nitrogens with zero attached hydrogens (tertiary/aromatic N) is 1. The highest BCUT2D eigenvalue weighted by Gasteiger charge is 2.21. The highest BCUT2D eigenvalue weighted by atomic mass is 35.5. The van der Waals surface area contributed by atoms with Gasteiger partial charge in [-0.2, -0.15) is 0 Å². The molecule has 112 valence electrons. The molecular formula is C15H22Cl2N2O. The smallest absolute Gasteiger partial charge is 0.122 e. The van der Waals surface area contributed by atoms with Gasteiger partial charge in [0, 0.05) is 32.6 Å². The summed E-state index contributed by atoms with van der Waals surface area (Å²) >= 11 is 0. The zero-order valence-electron chi connectivity index (χ0n) is 11.5. The van der Waals surface area contributed by atoms with Crippen molar-refractivity contribution in [1.82, 2.24) is 10.2 Å². The lowest BCUT2D eigenvalue weighted by atomic mass is 10.0. The van der Waals surface area contributed by atoms with Crippen LogP contribution < -0.4 is 10.1 Å². The quantitative estimate of drug-likeness (QED) is 0.867. The first-order chi connectivity index (χ1) is 8.88. The normalized spacial score (nSPS) is 19.0. The number of hydrogen-bond donors (Lipinski definition) is 1. The molecule has 3 nitrogen and oxygen atoms in total. The first kappa shape index (κ1) is 17.3. The summed E-state index contributed by atoms with van der Waals surface area (Å²) in [6.07, 6.45) is 3.09. The van der Waals surface area contributed by atoms with E-state index in [0.29, 0.717) is 6.04 Å². The number of ether oxygens (including phenoxy) is 1. The van der Waals surface area contributed by atoms with E-state index in [1.165, 1.54) is 11.1 Å². The van der Waals surface area contributed by atoms with Gasteiger partial charge in [-0.15, -0.1) is 31.4 Å². The zero-order valence-corrected chi connectivity index (χ0v) is 13.1. The van der Waals surface area contributed by atoms with E-state index in [0.717, 1.165) is 45.0 Å². The van der Waals surface area contributed by atoms with E-state index < -0.39 is 0 Å². The number of piperazine rings is 1. The third-order valence-corrected chi connectivity index (χ3v) is 3.82. The molecule has 0 saturated carbocycles. The number of halogens is 2. The van der Waals surface area contributed by atoms with Crippen LogP contribution in [0.3, 0.4) is 0 Å². The molecule has 2 heterocycles. The molecule has 1 saturated heterocycles. The Hall–Kier alpha value is -0.740. The first-order valence-corrected chi connectivity index (χ1v) is 6.71. The molecular weight excluding hydrogens is 295 g/mol. The predicted octanol–water partition coefficient (Wildman–Crippen LogP) is 2.60. The van der Waals surface area contributed by atoms with E-state index >= 15 is 0 Å². The molecule has 2 aliphatic heterocycles. The van der Waals surface area contributed by atoms with Gasteiger partial charge in [0.2, 0.25) is 0 Å². The van der Waals surface area contributed by atoms with Crippen molar-refractivity contribution in [3.05, 3.63) is 42.0 Å². The molecule has 0 aliphatic carbocycles. The van der Waals surface area contributed by atoms with E-state index in [4.69, 9.17) is 4.74 Å². The van der Waals surface area contributed by atoms with Crippen LogP contribution in [0.4, 0.5) is 0 Å². The van der Waals surface area contributed by atoms with Crippen LogP contribution in [0.5, 0.6) is 5.75 Å². The summed E-state index contributed by atoms with van der Waals surface area (Å²) in [5, 5.41) is 3.39. The summed E-state index contributed by atoms with van der Waals surface area (Å²) < 4.78 is 5.56. The summed E-state index contributed by atoms with van der Waals surface area (Å²) in [4.78, 5) is 2.49. The second-order valence-corrected chi connectivity index (χ2v) is 4.93. The van der Waals surface area contributed by atoms with Crippen molar-refractivity contribution in [2.75, 3.05) is 32.8 Å². The lowest BCUT2D eigenvalue weighted by Crippen LogP contribution is -2.44. The van der Waals surface area contributed by atoms with Crippen molar-refractivity contribution in [3.63, 3.8) is 0 Å². The lowest BCUT2D eigenvalue weighted by Gasteiger charge is -2.33. The fourth-order valence-electron chi connectivity index (χ4n) is 2.85. The second kappa shape index (κ2) is 7.89. The van der Waals surface area contributed by atoms with E-state index in [1.807, 2.05) is 0 Å². The Morgan fingerprint density at radius 2 is 2.00 bits per heavy atom. The molecule has 1 fully saturated rings. The van der Waals surface area contributed by atoms with Crippen molar-refractivity contribution >= 4 is 24.8 Å². The maximum atomic E-state index is 5.56. The minimum Gasteiger partial charge on any atom is -0.493 e. The number of benzene rings is 1. The third kappa shape index (κ3) is 3.47. The molecule has 3 rings (SSSR count). The van der Waals surface area contributed by atoms with Crippen molar-refractivity contribution in [2.45, 2.75) is 12.5 Å².